The fraction of sp³-hybridized carbons (Fsp3) is 0.600. The smallest absolute Gasteiger partial charge is 0.0882 e. The summed E-state index contributed by atoms with van der Waals surface area (Å²) in [6.07, 6.45) is 1.59. The van der Waals surface area contributed by atoms with Crippen LogP contribution in [0.3, 0.4) is 0 Å². The molecule has 0 radical (unpaired) electrons. The monoisotopic (exact) mass is 184 g/mol. The van der Waals surface area contributed by atoms with Crippen LogP contribution >= 0.6 is 11.3 Å². The molecule has 1 aromatic rings. The summed E-state index contributed by atoms with van der Waals surface area (Å²) >= 11 is 1.72. The third kappa shape index (κ3) is 1.87. The van der Waals surface area contributed by atoms with Crippen LogP contribution in [0, 0.1) is 6.92 Å². The Kier molecular flexibility index (Phi) is 3.29. The van der Waals surface area contributed by atoms with Crippen LogP contribution in [0.15, 0.2) is 6.07 Å². The molecule has 1 unspecified atom stereocenters. The van der Waals surface area contributed by atoms with Crippen LogP contribution in [0.2, 0.25) is 0 Å². The van der Waals surface area contributed by atoms with Gasteiger partial charge in [0.15, 0.2) is 0 Å². The first-order chi connectivity index (χ1) is 5.69. The Hall–Kier alpha value is -0.340. The van der Waals surface area contributed by atoms with Crippen LogP contribution < -0.4 is 0 Å². The predicted molar refractivity (Wildman–Crippen MR) is 53.7 cm³/mol. The molecule has 0 saturated heterocycles. The van der Waals surface area contributed by atoms with Crippen molar-refractivity contribution < 1.29 is 5.11 Å². The molecule has 0 aliphatic heterocycles. The molecule has 1 aromatic heterocycles. The number of rotatable bonds is 3. The van der Waals surface area contributed by atoms with E-state index in [-0.39, 0.29) is 6.10 Å². The number of aliphatic hydroxyl groups excluding tert-OH is 1. The van der Waals surface area contributed by atoms with Crippen molar-refractivity contribution in [1.82, 2.24) is 0 Å². The third-order valence-electron chi connectivity index (χ3n) is 2.04. The zero-order valence-electron chi connectivity index (χ0n) is 7.92. The minimum atomic E-state index is -0.251. The minimum Gasteiger partial charge on any atom is -0.388 e. The highest BCUT2D eigenvalue weighted by Gasteiger charge is 2.12. The van der Waals surface area contributed by atoms with Gasteiger partial charge in [0.2, 0.25) is 0 Å². The summed E-state index contributed by atoms with van der Waals surface area (Å²) in [5, 5.41) is 9.66. The van der Waals surface area contributed by atoms with Gasteiger partial charge in [0.05, 0.1) is 6.10 Å². The van der Waals surface area contributed by atoms with Crippen molar-refractivity contribution in [3.63, 3.8) is 0 Å². The van der Waals surface area contributed by atoms with Crippen molar-refractivity contribution in [2.75, 3.05) is 0 Å². The first-order valence-corrected chi connectivity index (χ1v) is 5.27. The van der Waals surface area contributed by atoms with Gasteiger partial charge in [0.25, 0.3) is 0 Å². The average Bonchev–Trinajstić information content (AvgIpc) is 2.45. The minimum absolute atomic E-state index is 0.251. The standard InChI is InChI=1S/C10H16OS/c1-4-8-6-7(3)12-10(8)9(11)5-2/h6,9,11H,4-5H2,1-3H3. The van der Waals surface area contributed by atoms with E-state index in [1.54, 1.807) is 11.3 Å². The van der Waals surface area contributed by atoms with Gasteiger partial charge in [-0.05, 0) is 31.4 Å². The fourth-order valence-corrected chi connectivity index (χ4v) is 2.51. The number of hydrogen-bond donors (Lipinski definition) is 1. The molecule has 0 aliphatic rings. The summed E-state index contributed by atoms with van der Waals surface area (Å²) in [6.45, 7) is 6.24. The molecule has 0 amide bonds. The lowest BCUT2D eigenvalue weighted by molar-refractivity contribution is 0.176. The number of hydrogen-bond acceptors (Lipinski definition) is 2. The van der Waals surface area contributed by atoms with E-state index in [4.69, 9.17) is 0 Å². The maximum atomic E-state index is 9.66. The normalized spacial score (nSPS) is 13.3. The Balaban J connectivity index is 2.96. The maximum absolute atomic E-state index is 9.66. The summed E-state index contributed by atoms with van der Waals surface area (Å²) in [7, 11) is 0. The average molecular weight is 184 g/mol. The fourth-order valence-electron chi connectivity index (χ4n) is 1.33. The van der Waals surface area contributed by atoms with Gasteiger partial charge in [-0.1, -0.05) is 13.8 Å². The van der Waals surface area contributed by atoms with Crippen molar-refractivity contribution >= 4 is 11.3 Å². The molecule has 0 saturated carbocycles. The largest absolute Gasteiger partial charge is 0.388 e. The molecule has 0 fully saturated rings. The van der Waals surface area contributed by atoms with Crippen molar-refractivity contribution in [3.05, 3.63) is 21.4 Å². The van der Waals surface area contributed by atoms with Crippen molar-refractivity contribution in [2.45, 2.75) is 39.7 Å². The molecule has 1 heterocycles. The zero-order valence-corrected chi connectivity index (χ0v) is 8.74. The second-order valence-electron chi connectivity index (χ2n) is 3.02. The molecule has 1 N–H and O–H groups in total. The highest BCUT2D eigenvalue weighted by Crippen LogP contribution is 2.29. The van der Waals surface area contributed by atoms with E-state index in [1.807, 2.05) is 6.92 Å². The van der Waals surface area contributed by atoms with E-state index in [2.05, 4.69) is 19.9 Å². The molecule has 1 atom stereocenters. The molecule has 0 aliphatic carbocycles. The lowest BCUT2D eigenvalue weighted by Crippen LogP contribution is -1.94. The Labute approximate surface area is 78.1 Å². The number of aliphatic hydroxyl groups is 1. The zero-order chi connectivity index (χ0) is 9.14. The molecule has 0 spiro atoms. The van der Waals surface area contributed by atoms with Gasteiger partial charge in [-0.2, -0.15) is 0 Å². The van der Waals surface area contributed by atoms with E-state index in [1.165, 1.54) is 10.4 Å². The van der Waals surface area contributed by atoms with E-state index < -0.39 is 0 Å². The molecule has 2 heteroatoms. The Morgan fingerprint density at radius 1 is 1.50 bits per heavy atom. The molecule has 0 aromatic carbocycles. The summed E-state index contributed by atoms with van der Waals surface area (Å²) in [6, 6.07) is 2.18. The summed E-state index contributed by atoms with van der Waals surface area (Å²) in [5.41, 5.74) is 1.31. The predicted octanol–water partition coefficient (Wildman–Crippen LogP) is 3.06. The Morgan fingerprint density at radius 3 is 2.67 bits per heavy atom. The third-order valence-corrected chi connectivity index (χ3v) is 3.23. The van der Waals surface area contributed by atoms with Crippen molar-refractivity contribution in [2.24, 2.45) is 0 Å². The van der Waals surface area contributed by atoms with Gasteiger partial charge in [-0.3, -0.25) is 0 Å². The van der Waals surface area contributed by atoms with Crippen LogP contribution in [0.25, 0.3) is 0 Å². The molecule has 0 bridgehead atoms. The van der Waals surface area contributed by atoms with Gasteiger partial charge in [0.1, 0.15) is 0 Å². The van der Waals surface area contributed by atoms with Crippen LogP contribution in [-0.2, 0) is 6.42 Å². The van der Waals surface area contributed by atoms with Crippen molar-refractivity contribution in [1.29, 1.82) is 0 Å². The second kappa shape index (κ2) is 4.06. The van der Waals surface area contributed by atoms with E-state index in [0.29, 0.717) is 0 Å². The van der Waals surface area contributed by atoms with E-state index in [0.717, 1.165) is 17.7 Å². The number of thiophene rings is 1. The van der Waals surface area contributed by atoms with Gasteiger partial charge < -0.3 is 5.11 Å². The summed E-state index contributed by atoms with van der Waals surface area (Å²) < 4.78 is 0. The van der Waals surface area contributed by atoms with Crippen molar-refractivity contribution in [3.8, 4) is 0 Å². The molecule has 1 nitrogen and oxygen atoms in total. The van der Waals surface area contributed by atoms with Crippen LogP contribution in [0.1, 0.15) is 41.7 Å². The topological polar surface area (TPSA) is 20.2 Å². The number of aryl methyl sites for hydroxylation is 2. The lowest BCUT2D eigenvalue weighted by atomic mass is 10.1. The van der Waals surface area contributed by atoms with E-state index in [9.17, 15) is 5.11 Å². The van der Waals surface area contributed by atoms with Gasteiger partial charge in [-0.15, -0.1) is 11.3 Å². The highest BCUT2D eigenvalue weighted by atomic mass is 32.1. The lowest BCUT2D eigenvalue weighted by Gasteiger charge is -2.06. The SMILES string of the molecule is CCc1cc(C)sc1C(O)CC. The Morgan fingerprint density at radius 2 is 2.17 bits per heavy atom. The van der Waals surface area contributed by atoms with Crippen LogP contribution in [0.5, 0.6) is 0 Å². The second-order valence-corrected chi connectivity index (χ2v) is 4.31. The van der Waals surface area contributed by atoms with Gasteiger partial charge in [-0.25, -0.2) is 0 Å². The molecular formula is C10H16OS. The molecule has 68 valence electrons. The summed E-state index contributed by atoms with van der Waals surface area (Å²) in [5.74, 6) is 0. The quantitative estimate of drug-likeness (QED) is 0.765. The maximum Gasteiger partial charge on any atom is 0.0882 e. The molecule has 1 rings (SSSR count). The molecule has 12 heavy (non-hydrogen) atoms. The van der Waals surface area contributed by atoms with Gasteiger partial charge >= 0.3 is 0 Å². The molecular weight excluding hydrogens is 168 g/mol. The van der Waals surface area contributed by atoms with Crippen LogP contribution in [-0.4, -0.2) is 5.11 Å². The van der Waals surface area contributed by atoms with E-state index >= 15 is 0 Å². The highest BCUT2D eigenvalue weighted by molar-refractivity contribution is 7.12. The van der Waals surface area contributed by atoms with Gasteiger partial charge in [0, 0.05) is 9.75 Å². The first-order valence-electron chi connectivity index (χ1n) is 4.46. The summed E-state index contributed by atoms with van der Waals surface area (Å²) in [4.78, 5) is 2.46. The Bertz CT molecular complexity index is 252. The first kappa shape index (κ1) is 9.75. The van der Waals surface area contributed by atoms with Crippen LogP contribution in [0.4, 0.5) is 0 Å².